The van der Waals surface area contributed by atoms with E-state index in [1.54, 1.807) is 17.2 Å². The van der Waals surface area contributed by atoms with Gasteiger partial charge < -0.3 is 10.2 Å². The van der Waals surface area contributed by atoms with E-state index >= 15 is 0 Å². The van der Waals surface area contributed by atoms with Crippen molar-refractivity contribution < 1.29 is 9.59 Å². The van der Waals surface area contributed by atoms with Gasteiger partial charge in [0, 0.05) is 42.2 Å². The molecule has 0 radical (unpaired) electrons. The maximum atomic E-state index is 13.3. The molecule has 2 aliphatic heterocycles. The second-order valence-electron chi connectivity index (χ2n) is 9.64. The molecule has 192 valence electrons. The third kappa shape index (κ3) is 6.53. The molecule has 0 saturated carbocycles. The number of carbonyl (C=O) groups excluding carboxylic acids is 2. The van der Waals surface area contributed by atoms with E-state index in [0.29, 0.717) is 30.9 Å². The van der Waals surface area contributed by atoms with Crippen molar-refractivity contribution in [3.8, 4) is 0 Å². The minimum atomic E-state index is -0.0636. The molecule has 1 saturated heterocycles. The van der Waals surface area contributed by atoms with E-state index in [4.69, 9.17) is 11.6 Å². The lowest BCUT2D eigenvalue weighted by atomic mass is 9.96. The van der Waals surface area contributed by atoms with Crippen LogP contribution >= 0.6 is 23.4 Å². The Kier molecular flexibility index (Phi) is 8.44. The van der Waals surface area contributed by atoms with Crippen LogP contribution in [-0.2, 0) is 11.3 Å². The van der Waals surface area contributed by atoms with Crippen LogP contribution in [0.25, 0.3) is 0 Å². The highest BCUT2D eigenvalue weighted by Gasteiger charge is 2.27. The number of fused-ring (bicyclic) bond motifs is 2. The van der Waals surface area contributed by atoms with E-state index in [1.807, 2.05) is 42.5 Å². The zero-order valence-electron chi connectivity index (χ0n) is 20.7. The van der Waals surface area contributed by atoms with Crippen LogP contribution in [-0.4, -0.2) is 47.9 Å². The minimum Gasteiger partial charge on any atom is -0.356 e. The highest BCUT2D eigenvalue weighted by Crippen LogP contribution is 2.40. The molecule has 2 aliphatic rings. The predicted octanol–water partition coefficient (Wildman–Crippen LogP) is 5.66. The van der Waals surface area contributed by atoms with E-state index < -0.39 is 0 Å². The standard InChI is InChI=1S/C29H31ClN4O2S/c30-23-11-9-22(10-12-23)20-33-17-13-21(14-18-33)19-32-27(35)8-4-16-34-25-6-1-2-7-26(25)37-28-24(29(34)36)5-3-15-31-28/h1-3,5-7,9-12,15,21H,4,8,13-14,16-20H2,(H,32,35). The lowest BCUT2D eigenvalue weighted by Gasteiger charge is -2.32. The van der Waals surface area contributed by atoms with Crippen molar-refractivity contribution in [2.24, 2.45) is 5.92 Å². The minimum absolute atomic E-state index is 0.0515. The smallest absolute Gasteiger partial charge is 0.261 e. The number of para-hydroxylation sites is 1. The Morgan fingerprint density at radius 3 is 2.65 bits per heavy atom. The van der Waals surface area contributed by atoms with Crippen LogP contribution in [0.2, 0.25) is 5.02 Å². The number of anilines is 1. The number of nitrogens with one attached hydrogen (secondary N) is 1. The average molecular weight is 535 g/mol. The van der Waals surface area contributed by atoms with Crippen LogP contribution in [0.4, 0.5) is 5.69 Å². The summed E-state index contributed by atoms with van der Waals surface area (Å²) in [6.07, 6.45) is 4.88. The number of aromatic nitrogens is 1. The number of carbonyl (C=O) groups is 2. The van der Waals surface area contributed by atoms with Gasteiger partial charge in [-0.2, -0.15) is 0 Å². The van der Waals surface area contributed by atoms with Crippen LogP contribution in [0.1, 0.15) is 41.6 Å². The topological polar surface area (TPSA) is 65.5 Å². The molecule has 0 unspecified atom stereocenters. The summed E-state index contributed by atoms with van der Waals surface area (Å²) < 4.78 is 0. The van der Waals surface area contributed by atoms with Crippen LogP contribution in [0.5, 0.6) is 0 Å². The molecule has 1 N–H and O–H groups in total. The number of piperidine rings is 1. The maximum absolute atomic E-state index is 13.3. The van der Waals surface area contributed by atoms with Gasteiger partial charge in [0.1, 0.15) is 5.03 Å². The Balaban J connectivity index is 1.07. The van der Waals surface area contributed by atoms with E-state index in [1.165, 1.54) is 17.3 Å². The van der Waals surface area contributed by atoms with Gasteiger partial charge in [-0.3, -0.25) is 14.5 Å². The van der Waals surface area contributed by atoms with Crippen molar-refractivity contribution in [1.82, 2.24) is 15.2 Å². The van der Waals surface area contributed by atoms with Crippen molar-refractivity contribution in [1.29, 1.82) is 0 Å². The highest BCUT2D eigenvalue weighted by atomic mass is 35.5. The average Bonchev–Trinajstić information content (AvgIpc) is 3.04. The second-order valence-corrected chi connectivity index (χ2v) is 11.1. The quantitative estimate of drug-likeness (QED) is 0.404. The van der Waals surface area contributed by atoms with Crippen molar-refractivity contribution in [3.05, 3.63) is 83.0 Å². The van der Waals surface area contributed by atoms with Gasteiger partial charge in [-0.15, -0.1) is 0 Å². The zero-order valence-corrected chi connectivity index (χ0v) is 22.3. The maximum Gasteiger partial charge on any atom is 0.261 e. The Hall–Kier alpha value is -2.87. The Morgan fingerprint density at radius 1 is 1.05 bits per heavy atom. The summed E-state index contributed by atoms with van der Waals surface area (Å²) in [7, 11) is 0. The van der Waals surface area contributed by atoms with E-state index in [0.717, 1.165) is 59.7 Å². The van der Waals surface area contributed by atoms with Gasteiger partial charge in [-0.1, -0.05) is 47.6 Å². The molecule has 3 aromatic rings. The lowest BCUT2D eigenvalue weighted by Crippen LogP contribution is -2.38. The van der Waals surface area contributed by atoms with Crippen LogP contribution < -0.4 is 10.2 Å². The highest BCUT2D eigenvalue weighted by molar-refractivity contribution is 7.99. The largest absolute Gasteiger partial charge is 0.356 e. The molecule has 5 rings (SSSR count). The second kappa shape index (κ2) is 12.1. The fourth-order valence-electron chi connectivity index (χ4n) is 4.92. The number of rotatable bonds is 8. The SMILES string of the molecule is O=C(CCCN1C(=O)c2cccnc2Sc2ccccc21)NCC1CCN(Cc2ccc(Cl)cc2)CC1. The molecule has 1 fully saturated rings. The molecule has 1 aromatic heterocycles. The van der Waals surface area contributed by atoms with Crippen LogP contribution in [0, 0.1) is 5.92 Å². The molecule has 0 aliphatic carbocycles. The summed E-state index contributed by atoms with van der Waals surface area (Å²) in [5, 5.41) is 4.62. The number of amides is 2. The fraction of sp³-hybridized carbons (Fsp3) is 0.345. The van der Waals surface area contributed by atoms with Crippen molar-refractivity contribution in [2.45, 2.75) is 42.1 Å². The summed E-state index contributed by atoms with van der Waals surface area (Å²) in [4.78, 5) is 35.6. The Bertz CT molecular complexity index is 1240. The number of pyridine rings is 1. The number of hydrogen-bond donors (Lipinski definition) is 1. The first-order valence-electron chi connectivity index (χ1n) is 12.8. The summed E-state index contributed by atoms with van der Waals surface area (Å²) in [5.74, 6) is 0.493. The normalized spacial score (nSPS) is 16.1. The van der Waals surface area contributed by atoms with Gasteiger partial charge in [-0.25, -0.2) is 4.98 Å². The van der Waals surface area contributed by atoms with E-state index in [9.17, 15) is 9.59 Å². The third-order valence-corrected chi connectivity index (χ3v) is 8.35. The van der Waals surface area contributed by atoms with Gasteiger partial charge in [0.15, 0.2) is 0 Å². The lowest BCUT2D eigenvalue weighted by molar-refractivity contribution is -0.121. The van der Waals surface area contributed by atoms with Crippen LogP contribution in [0.3, 0.4) is 0 Å². The molecule has 0 spiro atoms. The van der Waals surface area contributed by atoms with Gasteiger partial charge in [0.2, 0.25) is 5.91 Å². The van der Waals surface area contributed by atoms with E-state index in [2.05, 4.69) is 27.3 Å². The number of hydrogen-bond acceptors (Lipinski definition) is 5. The number of halogens is 1. The Morgan fingerprint density at radius 2 is 1.84 bits per heavy atom. The van der Waals surface area contributed by atoms with Crippen molar-refractivity contribution >= 4 is 40.9 Å². The van der Waals surface area contributed by atoms with Gasteiger partial charge >= 0.3 is 0 Å². The monoisotopic (exact) mass is 534 g/mol. The summed E-state index contributed by atoms with van der Waals surface area (Å²) in [5.41, 5.74) is 2.76. The predicted molar refractivity (Wildman–Crippen MR) is 148 cm³/mol. The molecule has 37 heavy (non-hydrogen) atoms. The first-order valence-corrected chi connectivity index (χ1v) is 14.0. The Labute approximate surface area is 227 Å². The molecule has 2 aromatic carbocycles. The molecule has 0 bridgehead atoms. The number of likely N-dealkylation sites (tertiary alicyclic amines) is 1. The first-order chi connectivity index (χ1) is 18.1. The van der Waals surface area contributed by atoms with E-state index in [-0.39, 0.29) is 11.8 Å². The van der Waals surface area contributed by atoms with Gasteiger partial charge in [-0.05, 0) is 80.2 Å². The molecule has 0 atom stereocenters. The van der Waals surface area contributed by atoms with Gasteiger partial charge in [0.05, 0.1) is 11.3 Å². The summed E-state index contributed by atoms with van der Waals surface area (Å²) >= 11 is 7.50. The van der Waals surface area contributed by atoms with Crippen molar-refractivity contribution in [3.63, 3.8) is 0 Å². The molecular weight excluding hydrogens is 504 g/mol. The fourth-order valence-corrected chi connectivity index (χ4v) is 6.07. The number of nitrogens with zero attached hydrogens (tertiary/aromatic N) is 3. The molecular formula is C29H31ClN4O2S. The summed E-state index contributed by atoms with van der Waals surface area (Å²) in [6.45, 7) is 4.21. The number of benzene rings is 2. The zero-order chi connectivity index (χ0) is 25.6. The molecule has 6 nitrogen and oxygen atoms in total. The molecule has 8 heteroatoms. The third-order valence-electron chi connectivity index (χ3n) is 7.01. The molecule has 3 heterocycles. The summed E-state index contributed by atoms with van der Waals surface area (Å²) in [6, 6.07) is 19.6. The molecule has 2 amide bonds. The van der Waals surface area contributed by atoms with Crippen molar-refractivity contribution in [2.75, 3.05) is 31.1 Å². The van der Waals surface area contributed by atoms with Crippen LogP contribution in [0.15, 0.2) is 76.8 Å². The first kappa shape index (κ1) is 25.8. The van der Waals surface area contributed by atoms with Gasteiger partial charge in [0.25, 0.3) is 5.91 Å².